The molecule has 1 aliphatic heterocycles. The van der Waals surface area contributed by atoms with Crippen LogP contribution in [0.15, 0.2) is 22.7 Å². The van der Waals surface area contributed by atoms with E-state index in [1.54, 1.807) is 12.1 Å². The second-order valence-electron chi connectivity index (χ2n) is 4.86. The molecule has 0 aromatic heterocycles. The molecular weight excluding hydrogens is 330 g/mol. The van der Waals surface area contributed by atoms with Gasteiger partial charge in [0.15, 0.2) is 0 Å². The summed E-state index contributed by atoms with van der Waals surface area (Å²) in [4.78, 5) is 12.1. The average molecular weight is 346 g/mol. The lowest BCUT2D eigenvalue weighted by Crippen LogP contribution is -2.40. The van der Waals surface area contributed by atoms with Crippen LogP contribution < -0.4 is 5.32 Å². The average Bonchev–Trinajstić information content (AvgIpc) is 2.35. The Labute approximate surface area is 121 Å². The topological polar surface area (TPSA) is 63.2 Å². The van der Waals surface area contributed by atoms with E-state index in [0.717, 1.165) is 10.0 Å². The van der Waals surface area contributed by atoms with Crippen LogP contribution in [0.3, 0.4) is 0 Å². The van der Waals surface area contributed by atoms with E-state index in [1.165, 1.54) is 0 Å². The van der Waals surface area contributed by atoms with E-state index in [2.05, 4.69) is 21.2 Å². The molecule has 19 heavy (non-hydrogen) atoms. The van der Waals surface area contributed by atoms with E-state index in [-0.39, 0.29) is 23.5 Å². The van der Waals surface area contributed by atoms with Gasteiger partial charge in [-0.05, 0) is 37.5 Å². The molecule has 1 amide bonds. The van der Waals surface area contributed by atoms with Crippen LogP contribution in [-0.2, 0) is 9.84 Å². The van der Waals surface area contributed by atoms with Crippen molar-refractivity contribution < 1.29 is 13.2 Å². The number of rotatable bonds is 2. The summed E-state index contributed by atoms with van der Waals surface area (Å²) in [6.07, 6.45) is 1.00. The molecule has 1 aromatic rings. The van der Waals surface area contributed by atoms with Gasteiger partial charge in [-0.2, -0.15) is 0 Å². The standard InChI is InChI=1S/C13H16BrNO3S/c1-9-2-3-10(8-12(9)14)13(16)15-11-4-6-19(17,18)7-5-11/h2-3,8,11H,4-7H2,1H3,(H,15,16). The number of aryl methyl sites for hydroxylation is 1. The lowest BCUT2D eigenvalue weighted by Gasteiger charge is -2.23. The van der Waals surface area contributed by atoms with Gasteiger partial charge in [0.2, 0.25) is 0 Å². The maximum absolute atomic E-state index is 12.1. The van der Waals surface area contributed by atoms with Gasteiger partial charge in [-0.15, -0.1) is 0 Å². The van der Waals surface area contributed by atoms with Crippen molar-refractivity contribution in [2.75, 3.05) is 11.5 Å². The molecule has 1 saturated heterocycles. The van der Waals surface area contributed by atoms with Crippen LogP contribution in [0.2, 0.25) is 0 Å². The Morgan fingerprint density at radius 2 is 1.95 bits per heavy atom. The van der Waals surface area contributed by atoms with Crippen molar-refractivity contribution in [3.05, 3.63) is 33.8 Å². The van der Waals surface area contributed by atoms with Crippen LogP contribution in [0, 0.1) is 6.92 Å². The van der Waals surface area contributed by atoms with Gasteiger partial charge in [0.1, 0.15) is 9.84 Å². The van der Waals surface area contributed by atoms with Gasteiger partial charge >= 0.3 is 0 Å². The highest BCUT2D eigenvalue weighted by Crippen LogP contribution is 2.18. The Kier molecular flexibility index (Phi) is 4.30. The minimum absolute atomic E-state index is 0.0453. The first-order valence-electron chi connectivity index (χ1n) is 6.15. The van der Waals surface area contributed by atoms with Crippen molar-refractivity contribution in [1.29, 1.82) is 0 Å². The summed E-state index contributed by atoms with van der Waals surface area (Å²) in [5, 5.41) is 2.90. The molecule has 1 aromatic carbocycles. The number of hydrogen-bond donors (Lipinski definition) is 1. The fraction of sp³-hybridized carbons (Fsp3) is 0.462. The minimum atomic E-state index is -2.89. The fourth-order valence-electron chi connectivity index (χ4n) is 2.04. The van der Waals surface area contributed by atoms with Gasteiger partial charge in [0.05, 0.1) is 11.5 Å². The van der Waals surface area contributed by atoms with Crippen LogP contribution in [-0.4, -0.2) is 31.9 Å². The Balaban J connectivity index is 2.00. The molecule has 0 saturated carbocycles. The molecule has 2 rings (SSSR count). The van der Waals surface area contributed by atoms with Crippen molar-refractivity contribution >= 4 is 31.7 Å². The molecule has 6 heteroatoms. The van der Waals surface area contributed by atoms with Crippen molar-refractivity contribution in [3.63, 3.8) is 0 Å². The predicted molar refractivity (Wildman–Crippen MR) is 78.0 cm³/mol. The van der Waals surface area contributed by atoms with Crippen LogP contribution in [0.4, 0.5) is 0 Å². The zero-order chi connectivity index (χ0) is 14.0. The Morgan fingerprint density at radius 3 is 2.53 bits per heavy atom. The van der Waals surface area contributed by atoms with Crippen LogP contribution in [0.1, 0.15) is 28.8 Å². The smallest absolute Gasteiger partial charge is 0.251 e. The second kappa shape index (κ2) is 5.63. The van der Waals surface area contributed by atoms with Gasteiger partial charge < -0.3 is 5.32 Å². The maximum atomic E-state index is 12.1. The van der Waals surface area contributed by atoms with E-state index in [1.807, 2.05) is 13.0 Å². The largest absolute Gasteiger partial charge is 0.349 e. The molecule has 0 atom stereocenters. The van der Waals surface area contributed by atoms with Gasteiger partial charge in [0.25, 0.3) is 5.91 Å². The quantitative estimate of drug-likeness (QED) is 0.892. The molecule has 4 nitrogen and oxygen atoms in total. The molecular formula is C13H16BrNO3S. The van der Waals surface area contributed by atoms with E-state index >= 15 is 0 Å². The number of amides is 1. The Bertz CT molecular complexity index is 584. The van der Waals surface area contributed by atoms with Crippen molar-refractivity contribution in [3.8, 4) is 0 Å². The minimum Gasteiger partial charge on any atom is -0.349 e. The first kappa shape index (κ1) is 14.5. The van der Waals surface area contributed by atoms with E-state index in [0.29, 0.717) is 18.4 Å². The van der Waals surface area contributed by atoms with Gasteiger partial charge in [-0.1, -0.05) is 22.0 Å². The van der Waals surface area contributed by atoms with Crippen molar-refractivity contribution in [2.24, 2.45) is 0 Å². The van der Waals surface area contributed by atoms with Gasteiger partial charge in [-0.25, -0.2) is 8.42 Å². The summed E-state index contributed by atoms with van der Waals surface area (Å²) in [6.45, 7) is 1.96. The lowest BCUT2D eigenvalue weighted by molar-refractivity contribution is 0.0934. The summed E-state index contributed by atoms with van der Waals surface area (Å²) in [6, 6.07) is 5.39. The number of carbonyl (C=O) groups excluding carboxylic acids is 1. The normalized spacial score (nSPS) is 19.1. The highest BCUT2D eigenvalue weighted by Gasteiger charge is 2.24. The molecule has 1 fully saturated rings. The number of halogens is 1. The van der Waals surface area contributed by atoms with E-state index in [4.69, 9.17) is 0 Å². The number of hydrogen-bond acceptors (Lipinski definition) is 3. The number of benzene rings is 1. The molecule has 104 valence electrons. The zero-order valence-corrected chi connectivity index (χ0v) is 13.1. The highest BCUT2D eigenvalue weighted by molar-refractivity contribution is 9.10. The second-order valence-corrected chi connectivity index (χ2v) is 8.02. The van der Waals surface area contributed by atoms with E-state index < -0.39 is 9.84 Å². The third-order valence-electron chi connectivity index (χ3n) is 3.32. The summed E-state index contributed by atoms with van der Waals surface area (Å²) >= 11 is 3.40. The third-order valence-corrected chi connectivity index (χ3v) is 5.89. The number of nitrogens with one attached hydrogen (secondary N) is 1. The van der Waals surface area contributed by atoms with Crippen LogP contribution in [0.5, 0.6) is 0 Å². The van der Waals surface area contributed by atoms with Crippen molar-refractivity contribution in [2.45, 2.75) is 25.8 Å². The zero-order valence-electron chi connectivity index (χ0n) is 10.6. The summed E-state index contributed by atoms with van der Waals surface area (Å²) in [7, 11) is -2.89. The van der Waals surface area contributed by atoms with Crippen molar-refractivity contribution in [1.82, 2.24) is 5.32 Å². The molecule has 0 bridgehead atoms. The molecule has 0 aliphatic carbocycles. The number of sulfone groups is 1. The lowest BCUT2D eigenvalue weighted by atomic mass is 10.1. The molecule has 0 spiro atoms. The fourth-order valence-corrected chi connectivity index (χ4v) is 3.91. The molecule has 1 heterocycles. The maximum Gasteiger partial charge on any atom is 0.251 e. The van der Waals surface area contributed by atoms with Gasteiger partial charge in [-0.3, -0.25) is 4.79 Å². The van der Waals surface area contributed by atoms with Gasteiger partial charge in [0, 0.05) is 16.1 Å². The van der Waals surface area contributed by atoms with E-state index in [9.17, 15) is 13.2 Å². The first-order chi connectivity index (χ1) is 8.87. The number of carbonyl (C=O) groups is 1. The molecule has 1 N–H and O–H groups in total. The molecule has 0 radical (unpaired) electrons. The van der Waals surface area contributed by atoms with Crippen LogP contribution >= 0.6 is 15.9 Å². The predicted octanol–water partition coefficient (Wildman–Crippen LogP) is 2.06. The SMILES string of the molecule is Cc1ccc(C(=O)NC2CCS(=O)(=O)CC2)cc1Br. The highest BCUT2D eigenvalue weighted by atomic mass is 79.9. The summed E-state index contributed by atoms with van der Waals surface area (Å²) in [5.41, 5.74) is 1.66. The summed E-state index contributed by atoms with van der Waals surface area (Å²) < 4.78 is 23.5. The Morgan fingerprint density at radius 1 is 1.32 bits per heavy atom. The third kappa shape index (κ3) is 3.79. The molecule has 1 aliphatic rings. The monoisotopic (exact) mass is 345 g/mol. The molecule has 0 unspecified atom stereocenters. The van der Waals surface area contributed by atoms with Crippen LogP contribution in [0.25, 0.3) is 0 Å². The first-order valence-corrected chi connectivity index (χ1v) is 8.76. The summed E-state index contributed by atoms with van der Waals surface area (Å²) in [5.74, 6) is 0.176. The Hall–Kier alpha value is -0.880.